The SMILES string of the molecule is COCCNC(=O)C1Cc2ccc(OC)cc2N2CCN(c3ccc(C)cc3)CC12. The van der Waals surface area contributed by atoms with E-state index in [0.29, 0.717) is 13.2 Å². The van der Waals surface area contributed by atoms with Crippen molar-refractivity contribution in [1.82, 2.24) is 5.32 Å². The molecular weight excluding hydrogens is 378 g/mol. The molecule has 6 heteroatoms. The molecule has 6 nitrogen and oxygen atoms in total. The molecule has 2 aliphatic heterocycles. The number of ether oxygens (including phenoxy) is 2. The fourth-order valence-electron chi connectivity index (χ4n) is 4.60. The van der Waals surface area contributed by atoms with Crippen LogP contribution in [-0.4, -0.2) is 59.0 Å². The number of benzene rings is 2. The van der Waals surface area contributed by atoms with E-state index in [9.17, 15) is 4.79 Å². The molecule has 0 saturated carbocycles. The lowest BCUT2D eigenvalue weighted by Crippen LogP contribution is -2.61. The van der Waals surface area contributed by atoms with Gasteiger partial charge in [-0.3, -0.25) is 4.79 Å². The topological polar surface area (TPSA) is 54.0 Å². The van der Waals surface area contributed by atoms with Crippen LogP contribution in [-0.2, 0) is 16.0 Å². The highest BCUT2D eigenvalue weighted by Crippen LogP contribution is 2.38. The molecule has 1 N–H and O–H groups in total. The summed E-state index contributed by atoms with van der Waals surface area (Å²) in [6.07, 6.45) is 0.737. The number of nitrogens with one attached hydrogen (secondary N) is 1. The number of fused-ring (bicyclic) bond motifs is 3. The van der Waals surface area contributed by atoms with Crippen molar-refractivity contribution in [1.29, 1.82) is 0 Å². The van der Waals surface area contributed by atoms with E-state index in [1.807, 2.05) is 6.07 Å². The maximum absolute atomic E-state index is 13.1. The van der Waals surface area contributed by atoms with E-state index < -0.39 is 0 Å². The molecule has 1 fully saturated rings. The second-order valence-electron chi connectivity index (χ2n) is 8.13. The quantitative estimate of drug-likeness (QED) is 0.744. The summed E-state index contributed by atoms with van der Waals surface area (Å²) in [5, 5.41) is 3.07. The molecule has 0 spiro atoms. The monoisotopic (exact) mass is 409 g/mol. The molecule has 0 aromatic heterocycles. The number of piperazine rings is 1. The average Bonchev–Trinajstić information content (AvgIpc) is 2.78. The van der Waals surface area contributed by atoms with Crippen LogP contribution in [0.4, 0.5) is 11.4 Å². The van der Waals surface area contributed by atoms with Crippen LogP contribution in [0.15, 0.2) is 42.5 Å². The van der Waals surface area contributed by atoms with Gasteiger partial charge in [-0.1, -0.05) is 23.8 Å². The van der Waals surface area contributed by atoms with Gasteiger partial charge in [0.05, 0.1) is 25.7 Å². The number of aryl methyl sites for hydroxylation is 1. The lowest BCUT2D eigenvalue weighted by molar-refractivity contribution is -0.126. The first-order chi connectivity index (χ1) is 14.6. The molecule has 2 aromatic carbocycles. The van der Waals surface area contributed by atoms with Gasteiger partial charge >= 0.3 is 0 Å². The first kappa shape index (κ1) is 20.5. The molecule has 0 bridgehead atoms. The van der Waals surface area contributed by atoms with Crippen molar-refractivity contribution in [3.63, 3.8) is 0 Å². The Hall–Kier alpha value is -2.73. The van der Waals surface area contributed by atoms with E-state index in [1.54, 1.807) is 14.2 Å². The number of carbonyl (C=O) groups is 1. The molecule has 160 valence electrons. The summed E-state index contributed by atoms with van der Waals surface area (Å²) in [7, 11) is 3.35. The molecule has 2 atom stereocenters. The summed E-state index contributed by atoms with van der Waals surface area (Å²) in [5.74, 6) is 0.863. The predicted molar refractivity (Wildman–Crippen MR) is 120 cm³/mol. The highest BCUT2D eigenvalue weighted by molar-refractivity contribution is 5.82. The van der Waals surface area contributed by atoms with Crippen molar-refractivity contribution in [3.05, 3.63) is 53.6 Å². The van der Waals surface area contributed by atoms with Gasteiger partial charge in [0.1, 0.15) is 5.75 Å². The van der Waals surface area contributed by atoms with Crippen LogP contribution in [0.5, 0.6) is 5.75 Å². The van der Waals surface area contributed by atoms with Gasteiger partial charge in [0.2, 0.25) is 5.91 Å². The Balaban J connectivity index is 1.62. The molecule has 1 saturated heterocycles. The normalized spacial score (nSPS) is 20.4. The summed E-state index contributed by atoms with van der Waals surface area (Å²) in [4.78, 5) is 17.9. The third-order valence-electron chi connectivity index (χ3n) is 6.27. The van der Waals surface area contributed by atoms with Crippen LogP contribution in [0.2, 0.25) is 0 Å². The van der Waals surface area contributed by atoms with Gasteiger partial charge in [-0.05, 0) is 37.1 Å². The number of amides is 1. The van der Waals surface area contributed by atoms with Crippen LogP contribution in [0.1, 0.15) is 11.1 Å². The number of anilines is 2. The minimum Gasteiger partial charge on any atom is -0.497 e. The Labute approximate surface area is 178 Å². The first-order valence-electron chi connectivity index (χ1n) is 10.6. The minimum atomic E-state index is -0.101. The van der Waals surface area contributed by atoms with E-state index in [-0.39, 0.29) is 17.9 Å². The lowest BCUT2D eigenvalue weighted by atomic mass is 9.83. The van der Waals surface area contributed by atoms with Crippen molar-refractivity contribution < 1.29 is 14.3 Å². The van der Waals surface area contributed by atoms with Crippen LogP contribution in [0.3, 0.4) is 0 Å². The van der Waals surface area contributed by atoms with Crippen LogP contribution >= 0.6 is 0 Å². The van der Waals surface area contributed by atoms with E-state index in [2.05, 4.69) is 58.4 Å². The van der Waals surface area contributed by atoms with Crippen LogP contribution in [0.25, 0.3) is 0 Å². The molecule has 4 rings (SSSR count). The Morgan fingerprint density at radius 2 is 1.93 bits per heavy atom. The largest absolute Gasteiger partial charge is 0.497 e. The number of hydrogen-bond donors (Lipinski definition) is 1. The Kier molecular flexibility index (Phi) is 6.13. The molecule has 2 unspecified atom stereocenters. The summed E-state index contributed by atoms with van der Waals surface area (Å²) in [6, 6.07) is 15.0. The Morgan fingerprint density at radius 1 is 1.13 bits per heavy atom. The zero-order chi connectivity index (χ0) is 21.1. The van der Waals surface area contributed by atoms with Gasteiger partial charge in [0.15, 0.2) is 0 Å². The van der Waals surface area contributed by atoms with Crippen LogP contribution in [0, 0.1) is 12.8 Å². The minimum absolute atomic E-state index is 0.101. The molecule has 0 radical (unpaired) electrons. The molecule has 30 heavy (non-hydrogen) atoms. The smallest absolute Gasteiger partial charge is 0.225 e. The lowest BCUT2D eigenvalue weighted by Gasteiger charge is -2.49. The molecule has 0 aliphatic carbocycles. The van der Waals surface area contributed by atoms with Gasteiger partial charge in [0, 0.05) is 50.7 Å². The Bertz CT molecular complexity index is 884. The molecule has 1 amide bonds. The number of nitrogens with zero attached hydrogens (tertiary/aromatic N) is 2. The third-order valence-corrected chi connectivity index (χ3v) is 6.27. The number of carbonyl (C=O) groups excluding carboxylic acids is 1. The summed E-state index contributed by atoms with van der Waals surface area (Å²) >= 11 is 0. The highest BCUT2D eigenvalue weighted by atomic mass is 16.5. The molecule has 2 aromatic rings. The number of rotatable bonds is 6. The van der Waals surface area contributed by atoms with E-state index in [4.69, 9.17) is 9.47 Å². The number of methoxy groups -OCH3 is 2. The second kappa shape index (κ2) is 8.96. The molecule has 2 heterocycles. The predicted octanol–water partition coefficient (Wildman–Crippen LogP) is 2.63. The van der Waals surface area contributed by atoms with Gasteiger partial charge in [-0.15, -0.1) is 0 Å². The van der Waals surface area contributed by atoms with Crippen molar-refractivity contribution in [2.75, 3.05) is 56.8 Å². The number of hydrogen-bond acceptors (Lipinski definition) is 5. The fourth-order valence-corrected chi connectivity index (χ4v) is 4.60. The van der Waals surface area contributed by atoms with Gasteiger partial charge in [0.25, 0.3) is 0 Å². The van der Waals surface area contributed by atoms with Gasteiger partial charge < -0.3 is 24.6 Å². The van der Waals surface area contributed by atoms with Crippen LogP contribution < -0.4 is 19.9 Å². The zero-order valence-corrected chi connectivity index (χ0v) is 18.1. The van der Waals surface area contributed by atoms with E-state index in [1.165, 1.54) is 22.5 Å². The van der Waals surface area contributed by atoms with Crippen molar-refractivity contribution in [2.45, 2.75) is 19.4 Å². The summed E-state index contributed by atoms with van der Waals surface area (Å²) in [5.41, 5.74) is 4.88. The molecule has 2 aliphatic rings. The van der Waals surface area contributed by atoms with Crippen molar-refractivity contribution in [2.24, 2.45) is 5.92 Å². The van der Waals surface area contributed by atoms with Gasteiger partial charge in [-0.2, -0.15) is 0 Å². The summed E-state index contributed by atoms with van der Waals surface area (Å²) in [6.45, 7) is 5.79. The fraction of sp³-hybridized carbons (Fsp3) is 0.458. The maximum atomic E-state index is 13.1. The van der Waals surface area contributed by atoms with Gasteiger partial charge in [-0.25, -0.2) is 0 Å². The first-order valence-corrected chi connectivity index (χ1v) is 10.6. The standard InChI is InChI=1S/C24H31N3O3/c1-17-4-7-19(8-5-17)26-11-12-27-22-15-20(30-3)9-6-18(22)14-21(23(27)16-26)24(28)25-10-13-29-2/h4-9,15,21,23H,10-14,16H2,1-3H3,(H,25,28). The second-order valence-corrected chi connectivity index (χ2v) is 8.13. The van der Waals surface area contributed by atoms with Crippen molar-refractivity contribution >= 4 is 17.3 Å². The Morgan fingerprint density at radius 3 is 2.67 bits per heavy atom. The maximum Gasteiger partial charge on any atom is 0.225 e. The summed E-state index contributed by atoms with van der Waals surface area (Å²) < 4.78 is 10.6. The average molecular weight is 410 g/mol. The third kappa shape index (κ3) is 4.10. The van der Waals surface area contributed by atoms with E-state index >= 15 is 0 Å². The van der Waals surface area contributed by atoms with Crippen molar-refractivity contribution in [3.8, 4) is 5.75 Å². The zero-order valence-electron chi connectivity index (χ0n) is 18.1. The van der Waals surface area contributed by atoms with E-state index in [0.717, 1.165) is 31.8 Å². The highest BCUT2D eigenvalue weighted by Gasteiger charge is 2.41. The molecular formula is C24H31N3O3.